The fourth-order valence-electron chi connectivity index (χ4n) is 1.46. The van der Waals surface area contributed by atoms with E-state index in [4.69, 9.17) is 4.79 Å². The van der Waals surface area contributed by atoms with Gasteiger partial charge in [0.25, 0.3) is 0 Å². The van der Waals surface area contributed by atoms with Crippen LogP contribution in [0.2, 0.25) is 0 Å². The van der Waals surface area contributed by atoms with E-state index in [-0.39, 0.29) is 0 Å². The lowest BCUT2D eigenvalue weighted by Crippen LogP contribution is -2.18. The molecule has 0 radical (unpaired) electrons. The van der Waals surface area contributed by atoms with Crippen molar-refractivity contribution in [2.45, 2.75) is 23.6 Å². The van der Waals surface area contributed by atoms with Gasteiger partial charge in [0.2, 0.25) is 0 Å². The number of nitrogens with two attached hydrogens (primary N) is 2. The average Bonchev–Trinajstić information content (AvgIpc) is 2.34. The lowest BCUT2D eigenvalue weighted by atomic mass is 10.2. The van der Waals surface area contributed by atoms with Gasteiger partial charge in [0.15, 0.2) is 0 Å². The maximum absolute atomic E-state index is 9.00. The van der Waals surface area contributed by atoms with Crippen molar-refractivity contribution in [1.82, 2.24) is 0 Å². The summed E-state index contributed by atoms with van der Waals surface area (Å²) in [7, 11) is 0. The predicted octanol–water partition coefficient (Wildman–Crippen LogP) is 3.48. The van der Waals surface area contributed by atoms with Crippen LogP contribution >= 0.6 is 11.8 Å². The molecular weight excluding hydrogens is 256 g/mol. The summed E-state index contributed by atoms with van der Waals surface area (Å²) in [6.45, 7) is 4.31. The molecule has 0 atom stereocenters. The van der Waals surface area contributed by atoms with Crippen molar-refractivity contribution in [2.75, 3.05) is 0 Å². The van der Waals surface area contributed by atoms with Crippen LogP contribution < -0.4 is 11.5 Å². The summed E-state index contributed by atoms with van der Waals surface area (Å²) in [4.78, 5) is 11.7. The first kappa shape index (κ1) is 15.1. The van der Waals surface area contributed by atoms with Gasteiger partial charge >= 0.3 is 6.03 Å². The first-order valence-corrected chi connectivity index (χ1v) is 6.66. The van der Waals surface area contributed by atoms with Gasteiger partial charge in [0, 0.05) is 9.79 Å². The zero-order valence-electron chi connectivity index (χ0n) is 11.1. The van der Waals surface area contributed by atoms with Crippen LogP contribution in [0.25, 0.3) is 0 Å². The Morgan fingerprint density at radius 2 is 1.16 bits per heavy atom. The largest absolute Gasteiger partial charge is 0.352 e. The fraction of sp³-hybridized carbons (Fsp3) is 0.133. The quantitative estimate of drug-likeness (QED) is 0.880. The minimum absolute atomic E-state index is 0.833. The van der Waals surface area contributed by atoms with E-state index in [0.717, 1.165) is 0 Å². The van der Waals surface area contributed by atoms with E-state index >= 15 is 0 Å². The Bertz CT molecular complexity index is 508. The Morgan fingerprint density at radius 3 is 1.47 bits per heavy atom. The first-order chi connectivity index (χ1) is 9.00. The molecule has 4 heteroatoms. The molecule has 2 aromatic rings. The summed E-state index contributed by atoms with van der Waals surface area (Å²) < 4.78 is 0. The monoisotopic (exact) mass is 274 g/mol. The van der Waals surface area contributed by atoms with Gasteiger partial charge in [-0.3, -0.25) is 0 Å². The van der Waals surface area contributed by atoms with Crippen LogP contribution in [0.4, 0.5) is 4.79 Å². The molecule has 2 rings (SSSR count). The van der Waals surface area contributed by atoms with E-state index in [1.54, 1.807) is 0 Å². The molecule has 0 heterocycles. The van der Waals surface area contributed by atoms with Gasteiger partial charge in [-0.1, -0.05) is 48.2 Å². The second-order valence-electron chi connectivity index (χ2n) is 4.04. The van der Waals surface area contributed by atoms with E-state index in [9.17, 15) is 0 Å². The van der Waals surface area contributed by atoms with Crippen molar-refractivity contribution >= 4 is 17.8 Å². The van der Waals surface area contributed by atoms with Gasteiger partial charge in [0.1, 0.15) is 0 Å². The molecule has 0 fully saturated rings. The van der Waals surface area contributed by atoms with E-state index < -0.39 is 6.03 Å². The summed E-state index contributed by atoms with van der Waals surface area (Å²) >= 11 is 1.84. The van der Waals surface area contributed by atoms with Crippen molar-refractivity contribution in [3.05, 3.63) is 59.7 Å². The molecule has 19 heavy (non-hydrogen) atoms. The van der Waals surface area contributed by atoms with Gasteiger partial charge in [-0.25, -0.2) is 4.79 Å². The number of benzene rings is 2. The topological polar surface area (TPSA) is 69.1 Å². The number of primary amides is 2. The van der Waals surface area contributed by atoms with Gasteiger partial charge in [-0.2, -0.15) is 0 Å². The molecule has 0 bridgehead atoms. The van der Waals surface area contributed by atoms with E-state index in [1.165, 1.54) is 20.9 Å². The Hall–Kier alpha value is -1.94. The van der Waals surface area contributed by atoms with Gasteiger partial charge in [-0.15, -0.1) is 0 Å². The number of urea groups is 1. The van der Waals surface area contributed by atoms with Crippen molar-refractivity contribution in [3.63, 3.8) is 0 Å². The second-order valence-corrected chi connectivity index (χ2v) is 5.12. The van der Waals surface area contributed by atoms with Crippen molar-refractivity contribution in [1.29, 1.82) is 0 Å². The molecule has 0 aliphatic carbocycles. The highest BCUT2D eigenvalue weighted by Crippen LogP contribution is 2.31. The van der Waals surface area contributed by atoms with E-state index in [1.807, 2.05) is 11.8 Å². The number of hydrogen-bond acceptors (Lipinski definition) is 2. The van der Waals surface area contributed by atoms with E-state index in [2.05, 4.69) is 73.8 Å². The molecule has 0 aliphatic heterocycles. The van der Waals surface area contributed by atoms with Crippen LogP contribution in [0.1, 0.15) is 11.1 Å². The molecule has 0 spiro atoms. The molecule has 100 valence electrons. The number of amides is 2. The van der Waals surface area contributed by atoms with Gasteiger partial charge in [-0.05, 0) is 37.1 Å². The van der Waals surface area contributed by atoms with Crippen molar-refractivity contribution in [2.24, 2.45) is 11.5 Å². The van der Waals surface area contributed by atoms with E-state index in [0.29, 0.717) is 0 Å². The normalized spacial score (nSPS) is 9.37. The third-order valence-electron chi connectivity index (χ3n) is 2.41. The lowest BCUT2D eigenvalue weighted by molar-refractivity contribution is 0.256. The Kier molecular flexibility index (Phi) is 5.96. The maximum Gasteiger partial charge on any atom is 0.309 e. The summed E-state index contributed by atoms with van der Waals surface area (Å²) in [6, 6.07) is 16.2. The molecule has 0 saturated heterocycles. The van der Waals surface area contributed by atoms with Crippen LogP contribution in [0.3, 0.4) is 0 Å². The molecule has 2 amide bonds. The SMILES string of the molecule is Cc1ccccc1Sc1ccccc1C.NC(N)=O. The Balaban J connectivity index is 0.000000399. The summed E-state index contributed by atoms with van der Waals surface area (Å²) in [5, 5.41) is 0. The number of aryl methyl sites for hydroxylation is 2. The maximum atomic E-state index is 9.00. The van der Waals surface area contributed by atoms with Gasteiger partial charge < -0.3 is 11.5 Å². The fourth-order valence-corrected chi connectivity index (χ4v) is 2.45. The van der Waals surface area contributed by atoms with Gasteiger partial charge in [0.05, 0.1) is 0 Å². The van der Waals surface area contributed by atoms with Crippen LogP contribution in [0.15, 0.2) is 58.3 Å². The number of hydrogen-bond donors (Lipinski definition) is 2. The lowest BCUT2D eigenvalue weighted by Gasteiger charge is -2.07. The minimum Gasteiger partial charge on any atom is -0.352 e. The highest BCUT2D eigenvalue weighted by Gasteiger charge is 2.01. The molecule has 4 N–H and O–H groups in total. The second kappa shape index (κ2) is 7.48. The standard InChI is InChI=1S/C14H14S.CH4N2O/c1-11-7-3-5-9-13(11)15-14-10-6-4-8-12(14)2;2-1(3)4/h3-10H,1-2H3;(H4,2,3,4). The highest BCUT2D eigenvalue weighted by molar-refractivity contribution is 7.99. The third-order valence-corrected chi connectivity index (χ3v) is 3.76. The molecule has 0 aliphatic rings. The average molecular weight is 274 g/mol. The zero-order chi connectivity index (χ0) is 14.3. The van der Waals surface area contributed by atoms with Crippen molar-refractivity contribution in [3.8, 4) is 0 Å². The minimum atomic E-state index is -0.833. The third kappa shape index (κ3) is 5.48. The predicted molar refractivity (Wildman–Crippen MR) is 80.3 cm³/mol. The summed E-state index contributed by atoms with van der Waals surface area (Å²) in [5.41, 5.74) is 11.2. The Morgan fingerprint density at radius 1 is 0.842 bits per heavy atom. The number of rotatable bonds is 2. The summed E-state index contributed by atoms with van der Waals surface area (Å²) in [5.74, 6) is 0. The van der Waals surface area contributed by atoms with Crippen LogP contribution in [-0.4, -0.2) is 6.03 Å². The van der Waals surface area contributed by atoms with Crippen LogP contribution in [0, 0.1) is 13.8 Å². The molecule has 0 saturated carbocycles. The van der Waals surface area contributed by atoms with Crippen LogP contribution in [-0.2, 0) is 0 Å². The number of carbonyl (C=O) groups is 1. The molecule has 3 nitrogen and oxygen atoms in total. The molecule has 0 aromatic heterocycles. The first-order valence-electron chi connectivity index (χ1n) is 5.84. The molecule has 2 aromatic carbocycles. The molecular formula is C15H18N2OS. The Labute approximate surface area is 118 Å². The van der Waals surface area contributed by atoms with Crippen molar-refractivity contribution < 1.29 is 4.79 Å². The smallest absolute Gasteiger partial charge is 0.309 e. The molecule has 0 unspecified atom stereocenters. The summed E-state index contributed by atoms with van der Waals surface area (Å²) in [6.07, 6.45) is 0. The number of carbonyl (C=O) groups excluding carboxylic acids is 1. The zero-order valence-corrected chi connectivity index (χ0v) is 11.9. The van der Waals surface area contributed by atoms with Crippen LogP contribution in [0.5, 0.6) is 0 Å². The highest BCUT2D eigenvalue weighted by atomic mass is 32.2.